The van der Waals surface area contributed by atoms with Crippen molar-refractivity contribution in [2.45, 2.75) is 38.6 Å². The Bertz CT molecular complexity index is 1000. The number of hydrogen-bond donors (Lipinski definition) is 3. The first-order valence-electron chi connectivity index (χ1n) is 8.81. The van der Waals surface area contributed by atoms with Gasteiger partial charge in [-0.15, -0.1) is 0 Å². The summed E-state index contributed by atoms with van der Waals surface area (Å²) in [7, 11) is -3.91. The third kappa shape index (κ3) is 5.17. The molecule has 0 aliphatic rings. The molecule has 2 aromatic rings. The number of nitrogens with one attached hydrogen (secondary N) is 2. The summed E-state index contributed by atoms with van der Waals surface area (Å²) in [4.78, 5) is 25.3. The number of benzene rings is 2. The fourth-order valence-corrected chi connectivity index (χ4v) is 3.59. The number of rotatable bonds is 6. The lowest BCUT2D eigenvalue weighted by Gasteiger charge is -2.22. The van der Waals surface area contributed by atoms with Gasteiger partial charge >= 0.3 is 0 Å². The molecular formula is C20H25N3O4S. The molecule has 7 nitrogen and oxygen atoms in total. The summed E-state index contributed by atoms with van der Waals surface area (Å²) < 4.78 is 23.4. The zero-order valence-electron chi connectivity index (χ0n) is 16.3. The minimum Gasteiger partial charge on any atom is -0.340 e. The number of primary sulfonamides is 1. The number of anilines is 1. The molecule has 0 fully saturated rings. The van der Waals surface area contributed by atoms with E-state index >= 15 is 0 Å². The number of aryl methyl sites for hydroxylation is 2. The van der Waals surface area contributed by atoms with Crippen LogP contribution in [0.5, 0.6) is 0 Å². The Kier molecular flexibility index (Phi) is 6.58. The summed E-state index contributed by atoms with van der Waals surface area (Å²) in [5.74, 6) is -0.974. The first-order valence-corrected chi connectivity index (χ1v) is 10.4. The summed E-state index contributed by atoms with van der Waals surface area (Å²) in [5, 5.41) is 10.6. The van der Waals surface area contributed by atoms with Gasteiger partial charge in [0.05, 0.1) is 4.90 Å². The predicted molar refractivity (Wildman–Crippen MR) is 108 cm³/mol. The van der Waals surface area contributed by atoms with E-state index in [1.807, 2.05) is 32.9 Å². The van der Waals surface area contributed by atoms with Crippen LogP contribution in [0.1, 0.15) is 35.3 Å². The molecule has 1 atom stereocenters. The van der Waals surface area contributed by atoms with Crippen molar-refractivity contribution in [3.05, 3.63) is 59.2 Å². The number of carbonyl (C=O) groups excluding carboxylic acids is 2. The second kappa shape index (κ2) is 8.53. The largest absolute Gasteiger partial charge is 0.340 e. The van der Waals surface area contributed by atoms with Gasteiger partial charge in [0, 0.05) is 11.3 Å². The van der Waals surface area contributed by atoms with Crippen LogP contribution in [0.2, 0.25) is 0 Å². The number of sulfonamides is 1. The molecule has 0 heterocycles. The van der Waals surface area contributed by atoms with E-state index in [2.05, 4.69) is 10.6 Å². The molecule has 0 aliphatic heterocycles. The Morgan fingerprint density at radius 1 is 1.00 bits per heavy atom. The molecule has 0 radical (unpaired) electrons. The monoisotopic (exact) mass is 403 g/mol. The van der Waals surface area contributed by atoms with E-state index < -0.39 is 22.0 Å². The molecule has 2 rings (SSSR count). The molecule has 0 saturated heterocycles. The SMILES string of the molecule is Cc1ccccc1C(=O)NC(C(=O)Nc1ccc(C)c(S(N)(=O)=O)c1)C(C)C. The average molecular weight is 404 g/mol. The minimum atomic E-state index is -3.91. The van der Waals surface area contributed by atoms with E-state index in [0.717, 1.165) is 5.56 Å². The summed E-state index contributed by atoms with van der Waals surface area (Å²) in [6.45, 7) is 7.06. The molecule has 0 spiro atoms. The Morgan fingerprint density at radius 3 is 2.21 bits per heavy atom. The van der Waals surface area contributed by atoms with Crippen molar-refractivity contribution in [2.75, 3.05) is 5.32 Å². The van der Waals surface area contributed by atoms with Crippen LogP contribution < -0.4 is 15.8 Å². The minimum absolute atomic E-state index is 0.0599. The summed E-state index contributed by atoms with van der Waals surface area (Å²) in [5.41, 5.74) is 2.07. The molecule has 0 aliphatic carbocycles. The number of hydrogen-bond acceptors (Lipinski definition) is 4. The van der Waals surface area contributed by atoms with E-state index in [0.29, 0.717) is 11.1 Å². The van der Waals surface area contributed by atoms with Gasteiger partial charge in [0.15, 0.2) is 0 Å². The molecule has 0 bridgehead atoms. The summed E-state index contributed by atoms with van der Waals surface area (Å²) in [6, 6.07) is 10.8. The highest BCUT2D eigenvalue weighted by Gasteiger charge is 2.25. The predicted octanol–water partition coefficient (Wildman–Crippen LogP) is 2.34. The standard InChI is InChI=1S/C20H25N3O4S/c1-12(2)18(23-19(24)16-8-6-5-7-13(16)3)20(25)22-15-10-9-14(4)17(11-15)28(21,26)27/h5-12,18H,1-4H3,(H,22,25)(H,23,24)(H2,21,26,27). The van der Waals surface area contributed by atoms with E-state index in [1.165, 1.54) is 6.07 Å². The van der Waals surface area contributed by atoms with Crippen molar-refractivity contribution in [1.29, 1.82) is 0 Å². The highest BCUT2D eigenvalue weighted by atomic mass is 32.2. The Balaban J connectivity index is 2.22. The topological polar surface area (TPSA) is 118 Å². The molecule has 150 valence electrons. The van der Waals surface area contributed by atoms with Gasteiger partial charge in [0.1, 0.15) is 6.04 Å². The normalized spacial score (nSPS) is 12.5. The van der Waals surface area contributed by atoms with Crippen LogP contribution >= 0.6 is 0 Å². The fraction of sp³-hybridized carbons (Fsp3) is 0.300. The number of carbonyl (C=O) groups is 2. The third-order valence-electron chi connectivity index (χ3n) is 4.39. The van der Waals surface area contributed by atoms with Gasteiger partial charge in [0.2, 0.25) is 15.9 Å². The Labute approximate surface area is 165 Å². The smallest absolute Gasteiger partial charge is 0.252 e. The van der Waals surface area contributed by atoms with Gasteiger partial charge in [-0.1, -0.05) is 38.1 Å². The van der Waals surface area contributed by atoms with E-state index in [1.54, 1.807) is 31.2 Å². The zero-order chi connectivity index (χ0) is 21.1. The van der Waals surface area contributed by atoms with E-state index in [-0.39, 0.29) is 22.4 Å². The average Bonchev–Trinajstić information content (AvgIpc) is 2.60. The Hall–Kier alpha value is -2.71. The molecule has 4 N–H and O–H groups in total. The van der Waals surface area contributed by atoms with Crippen LogP contribution in [0.3, 0.4) is 0 Å². The van der Waals surface area contributed by atoms with Crippen molar-refractivity contribution < 1.29 is 18.0 Å². The van der Waals surface area contributed by atoms with Gasteiger partial charge in [-0.05, 0) is 49.1 Å². The fourth-order valence-electron chi connectivity index (χ4n) is 2.79. The van der Waals surface area contributed by atoms with Crippen LogP contribution in [-0.4, -0.2) is 26.3 Å². The van der Waals surface area contributed by atoms with Crippen LogP contribution in [0.15, 0.2) is 47.4 Å². The first-order chi connectivity index (χ1) is 13.0. The quantitative estimate of drug-likeness (QED) is 0.686. The molecule has 0 aromatic heterocycles. The van der Waals surface area contributed by atoms with Gasteiger partial charge in [-0.25, -0.2) is 13.6 Å². The van der Waals surface area contributed by atoms with Crippen molar-refractivity contribution in [3.8, 4) is 0 Å². The molecule has 0 saturated carbocycles. The molecule has 28 heavy (non-hydrogen) atoms. The number of nitrogens with two attached hydrogens (primary N) is 1. The molecule has 1 unspecified atom stereocenters. The van der Waals surface area contributed by atoms with Crippen molar-refractivity contribution in [2.24, 2.45) is 11.1 Å². The van der Waals surface area contributed by atoms with Crippen molar-refractivity contribution in [1.82, 2.24) is 5.32 Å². The second-order valence-corrected chi connectivity index (χ2v) is 8.55. The van der Waals surface area contributed by atoms with Crippen molar-refractivity contribution in [3.63, 3.8) is 0 Å². The van der Waals surface area contributed by atoms with Crippen LogP contribution in [-0.2, 0) is 14.8 Å². The number of amides is 2. The second-order valence-electron chi connectivity index (χ2n) is 7.02. The van der Waals surface area contributed by atoms with E-state index in [4.69, 9.17) is 5.14 Å². The van der Waals surface area contributed by atoms with Crippen LogP contribution in [0.4, 0.5) is 5.69 Å². The third-order valence-corrected chi connectivity index (χ3v) is 5.44. The van der Waals surface area contributed by atoms with Crippen molar-refractivity contribution >= 4 is 27.5 Å². The summed E-state index contributed by atoms with van der Waals surface area (Å²) >= 11 is 0. The van der Waals surface area contributed by atoms with Gasteiger partial charge in [-0.2, -0.15) is 0 Å². The van der Waals surface area contributed by atoms with E-state index in [9.17, 15) is 18.0 Å². The molecule has 2 aromatic carbocycles. The zero-order valence-corrected chi connectivity index (χ0v) is 17.1. The maximum Gasteiger partial charge on any atom is 0.252 e. The summed E-state index contributed by atoms with van der Waals surface area (Å²) in [6.07, 6.45) is 0. The molecular weight excluding hydrogens is 378 g/mol. The Morgan fingerprint density at radius 2 is 1.64 bits per heavy atom. The highest BCUT2D eigenvalue weighted by Crippen LogP contribution is 2.20. The first kappa shape index (κ1) is 21.6. The van der Waals surface area contributed by atoms with Gasteiger partial charge < -0.3 is 10.6 Å². The molecule has 8 heteroatoms. The van der Waals surface area contributed by atoms with Gasteiger partial charge in [-0.3, -0.25) is 9.59 Å². The lowest BCUT2D eigenvalue weighted by atomic mass is 10.0. The lowest BCUT2D eigenvalue weighted by molar-refractivity contribution is -0.118. The van der Waals surface area contributed by atoms with Gasteiger partial charge in [0.25, 0.3) is 5.91 Å². The van der Waals surface area contributed by atoms with Crippen LogP contribution in [0.25, 0.3) is 0 Å². The van der Waals surface area contributed by atoms with Crippen LogP contribution in [0, 0.1) is 19.8 Å². The highest BCUT2D eigenvalue weighted by molar-refractivity contribution is 7.89. The maximum atomic E-state index is 12.7. The maximum absolute atomic E-state index is 12.7. The molecule has 2 amide bonds. The lowest BCUT2D eigenvalue weighted by Crippen LogP contribution is -2.47.